The van der Waals surface area contributed by atoms with Crippen molar-refractivity contribution >= 4 is 17.1 Å². The van der Waals surface area contributed by atoms with Crippen LogP contribution in [0.15, 0.2) is 231 Å². The van der Waals surface area contributed by atoms with Crippen LogP contribution in [-0.4, -0.2) is 0 Å². The van der Waals surface area contributed by atoms with Crippen LogP contribution in [0.4, 0.5) is 17.1 Å². The highest BCUT2D eigenvalue weighted by molar-refractivity contribution is 5.98. The van der Waals surface area contributed by atoms with Crippen molar-refractivity contribution in [2.75, 3.05) is 4.90 Å². The highest BCUT2D eigenvalue weighted by Crippen LogP contribution is 2.64. The molecule has 0 fully saturated rings. The summed E-state index contributed by atoms with van der Waals surface area (Å²) in [7, 11) is 0. The van der Waals surface area contributed by atoms with Crippen LogP contribution in [0.3, 0.4) is 0 Å². The number of nitrogens with zero attached hydrogens (tertiary/aromatic N) is 1. The predicted molar refractivity (Wildman–Crippen MR) is 284 cm³/mol. The van der Waals surface area contributed by atoms with Gasteiger partial charge in [0.15, 0.2) is 0 Å². The molecule has 0 saturated carbocycles. The predicted octanol–water partition coefficient (Wildman–Crippen LogP) is 17.3. The molecule has 3 aliphatic carbocycles. The molecule has 324 valence electrons. The molecule has 1 spiro atoms. The Labute approximate surface area is 400 Å². The average molecular weight is 870 g/mol. The zero-order chi connectivity index (χ0) is 45.7. The zero-order valence-electron chi connectivity index (χ0n) is 39.0. The molecule has 1 heteroatoms. The Morgan fingerprint density at radius 1 is 0.324 bits per heavy atom. The summed E-state index contributed by atoms with van der Waals surface area (Å²) >= 11 is 0. The average Bonchev–Trinajstić information content (AvgIpc) is 3.97. The van der Waals surface area contributed by atoms with Gasteiger partial charge in [0.2, 0.25) is 0 Å². The van der Waals surface area contributed by atoms with Crippen molar-refractivity contribution in [3.63, 3.8) is 0 Å². The van der Waals surface area contributed by atoms with E-state index >= 15 is 0 Å². The molecule has 1 atom stereocenters. The lowest BCUT2D eigenvalue weighted by molar-refractivity contribution is 0.767. The van der Waals surface area contributed by atoms with Crippen LogP contribution in [0.2, 0.25) is 0 Å². The Bertz CT molecular complexity index is 3550. The summed E-state index contributed by atoms with van der Waals surface area (Å²) in [6.45, 7) is 9.00. The number of rotatable bonds is 7. The fraction of sp³-hybridized carbons (Fsp3) is 0.104. The first kappa shape index (κ1) is 40.3. The Morgan fingerprint density at radius 3 is 1.24 bits per heavy atom. The van der Waals surface area contributed by atoms with E-state index < -0.39 is 10.8 Å². The largest absolute Gasteiger partial charge is 0.310 e. The fourth-order valence-electron chi connectivity index (χ4n) is 12.4. The zero-order valence-corrected chi connectivity index (χ0v) is 39.0. The van der Waals surface area contributed by atoms with E-state index in [1.165, 1.54) is 106 Å². The van der Waals surface area contributed by atoms with Crippen molar-refractivity contribution in [2.24, 2.45) is 0 Å². The van der Waals surface area contributed by atoms with Gasteiger partial charge in [-0.1, -0.05) is 225 Å². The van der Waals surface area contributed by atoms with E-state index in [1.54, 1.807) is 0 Å². The van der Waals surface area contributed by atoms with E-state index in [9.17, 15) is 0 Å². The van der Waals surface area contributed by atoms with E-state index in [0.717, 1.165) is 17.1 Å². The van der Waals surface area contributed by atoms with Crippen LogP contribution >= 0.6 is 0 Å². The summed E-state index contributed by atoms with van der Waals surface area (Å²) < 4.78 is 0. The quantitative estimate of drug-likeness (QED) is 0.154. The standard InChI is InChI=1S/C67H51N/c1-43(2)47-30-37-56-54-20-9-13-23-60(54)67(62(56)40-47)61-24-14-10-21-55(61)58-39-36-51(42-64(58)67)68(65-25-15-11-18-52(65)46-16-6-5-7-17-46)50-35-38-57-53-19-8-12-22-59(53)66(63(57)41-50,48-31-26-44(3)27-32-48)49-33-28-45(4)29-34-49/h5-43H,1-4H3. The van der Waals surface area contributed by atoms with Gasteiger partial charge in [-0.15, -0.1) is 0 Å². The minimum atomic E-state index is -0.553. The van der Waals surface area contributed by atoms with Gasteiger partial charge in [-0.25, -0.2) is 0 Å². The molecule has 0 aliphatic heterocycles. The van der Waals surface area contributed by atoms with E-state index in [4.69, 9.17) is 0 Å². The molecule has 1 nitrogen and oxygen atoms in total. The van der Waals surface area contributed by atoms with Crippen LogP contribution < -0.4 is 4.90 Å². The minimum Gasteiger partial charge on any atom is -0.310 e. The lowest BCUT2D eigenvalue weighted by atomic mass is 9.67. The van der Waals surface area contributed by atoms with E-state index in [0.29, 0.717) is 5.92 Å². The van der Waals surface area contributed by atoms with E-state index in [2.05, 4.69) is 263 Å². The van der Waals surface area contributed by atoms with Crippen molar-refractivity contribution < 1.29 is 0 Å². The number of hydrogen-bond acceptors (Lipinski definition) is 1. The van der Waals surface area contributed by atoms with Gasteiger partial charge in [0.25, 0.3) is 0 Å². The molecule has 0 radical (unpaired) electrons. The third-order valence-electron chi connectivity index (χ3n) is 15.5. The summed E-state index contributed by atoms with van der Waals surface area (Å²) in [5.74, 6) is 0.395. The lowest BCUT2D eigenvalue weighted by Gasteiger charge is -2.35. The number of aryl methyl sites for hydroxylation is 2. The van der Waals surface area contributed by atoms with Crippen LogP contribution in [0.5, 0.6) is 0 Å². The molecule has 3 aliphatic rings. The normalized spacial score (nSPS) is 15.4. The number of benzene rings is 10. The second-order valence-corrected chi connectivity index (χ2v) is 19.5. The number of hydrogen-bond donors (Lipinski definition) is 0. The van der Waals surface area contributed by atoms with Crippen molar-refractivity contribution in [3.05, 3.63) is 292 Å². The second kappa shape index (κ2) is 15.3. The molecule has 0 heterocycles. The Balaban J connectivity index is 1.11. The molecule has 0 bridgehead atoms. The molecular weight excluding hydrogens is 819 g/mol. The van der Waals surface area contributed by atoms with Crippen molar-refractivity contribution in [1.29, 1.82) is 0 Å². The van der Waals surface area contributed by atoms with Gasteiger partial charge in [0.05, 0.1) is 16.5 Å². The number of fused-ring (bicyclic) bond motifs is 13. The van der Waals surface area contributed by atoms with E-state index in [1.807, 2.05) is 0 Å². The summed E-state index contributed by atoms with van der Waals surface area (Å²) in [5.41, 5.74) is 26.9. The second-order valence-electron chi connectivity index (χ2n) is 19.5. The molecule has 68 heavy (non-hydrogen) atoms. The van der Waals surface area contributed by atoms with Crippen LogP contribution in [0, 0.1) is 13.8 Å². The summed E-state index contributed by atoms with van der Waals surface area (Å²) in [6, 6.07) is 87.7. The molecule has 10 aromatic carbocycles. The summed E-state index contributed by atoms with van der Waals surface area (Å²) in [5, 5.41) is 0. The number of para-hydroxylation sites is 1. The Kier molecular flexibility index (Phi) is 9.05. The molecular formula is C67H51N. The topological polar surface area (TPSA) is 3.24 Å². The van der Waals surface area contributed by atoms with Gasteiger partial charge < -0.3 is 4.90 Å². The SMILES string of the molecule is Cc1ccc(C2(c3ccc(C)cc3)c3ccccc3-c3ccc(N(c4ccc5c(c4)C4(c6ccccc6-c6ccc(C(C)C)cc64)c4ccccc4-5)c4ccccc4-c4ccccc4)cc32)cc1. The Hall–Kier alpha value is -8.00. The van der Waals surface area contributed by atoms with Gasteiger partial charge in [-0.05, 0) is 139 Å². The summed E-state index contributed by atoms with van der Waals surface area (Å²) in [6.07, 6.45) is 0. The smallest absolute Gasteiger partial charge is 0.0726 e. The van der Waals surface area contributed by atoms with Gasteiger partial charge in [-0.3, -0.25) is 0 Å². The van der Waals surface area contributed by atoms with Crippen LogP contribution in [0.1, 0.15) is 81.0 Å². The fourth-order valence-corrected chi connectivity index (χ4v) is 12.4. The first-order chi connectivity index (χ1) is 33.4. The van der Waals surface area contributed by atoms with Crippen LogP contribution in [-0.2, 0) is 10.8 Å². The third-order valence-corrected chi connectivity index (χ3v) is 15.5. The maximum absolute atomic E-state index is 2.55. The molecule has 0 N–H and O–H groups in total. The monoisotopic (exact) mass is 869 g/mol. The lowest BCUT2D eigenvalue weighted by Crippen LogP contribution is -2.29. The van der Waals surface area contributed by atoms with Crippen molar-refractivity contribution in [1.82, 2.24) is 0 Å². The van der Waals surface area contributed by atoms with Gasteiger partial charge in [-0.2, -0.15) is 0 Å². The van der Waals surface area contributed by atoms with Crippen LogP contribution in [0.25, 0.3) is 44.5 Å². The maximum atomic E-state index is 2.55. The Morgan fingerprint density at radius 2 is 0.721 bits per heavy atom. The molecule has 0 saturated heterocycles. The van der Waals surface area contributed by atoms with Crippen molar-refractivity contribution in [3.8, 4) is 44.5 Å². The molecule has 13 rings (SSSR count). The number of anilines is 3. The highest BCUT2D eigenvalue weighted by atomic mass is 15.1. The minimum absolute atomic E-state index is 0.395. The maximum Gasteiger partial charge on any atom is 0.0726 e. The summed E-state index contributed by atoms with van der Waals surface area (Å²) in [4.78, 5) is 2.55. The van der Waals surface area contributed by atoms with Gasteiger partial charge >= 0.3 is 0 Å². The third kappa shape index (κ3) is 5.63. The highest BCUT2D eigenvalue weighted by Gasteiger charge is 2.52. The first-order valence-electron chi connectivity index (χ1n) is 24.2. The molecule has 0 amide bonds. The van der Waals surface area contributed by atoms with Gasteiger partial charge in [0, 0.05) is 16.9 Å². The molecule has 1 unspecified atom stereocenters. The molecule has 0 aromatic heterocycles. The first-order valence-corrected chi connectivity index (χ1v) is 24.2. The molecule has 10 aromatic rings. The van der Waals surface area contributed by atoms with E-state index in [-0.39, 0.29) is 0 Å². The van der Waals surface area contributed by atoms with Gasteiger partial charge in [0.1, 0.15) is 0 Å². The van der Waals surface area contributed by atoms with Crippen molar-refractivity contribution in [2.45, 2.75) is 44.4 Å².